The van der Waals surface area contributed by atoms with E-state index in [4.69, 9.17) is 0 Å². The van der Waals surface area contributed by atoms with Crippen LogP contribution in [0.15, 0.2) is 67.1 Å². The van der Waals surface area contributed by atoms with Crippen molar-refractivity contribution in [1.82, 2.24) is 28.9 Å². The van der Waals surface area contributed by atoms with E-state index < -0.39 is 0 Å². The van der Waals surface area contributed by atoms with Gasteiger partial charge in [-0.05, 0) is 63.5 Å². The van der Waals surface area contributed by atoms with Crippen molar-refractivity contribution in [3.63, 3.8) is 0 Å². The SMILES string of the molecule is Cc1nc(C(=O)n2ccc3c(-c4cccc5c4ccn5C(=O)c4ncc(CN(C)CCO)s4)cccc32)sc1CN(C)C. The number of aliphatic hydroxyl groups excluding tert-OH is 1. The van der Waals surface area contributed by atoms with Gasteiger partial charge in [-0.2, -0.15) is 0 Å². The van der Waals surface area contributed by atoms with Crippen LogP contribution in [-0.4, -0.2) is 80.1 Å². The Labute approximate surface area is 257 Å². The van der Waals surface area contributed by atoms with Crippen LogP contribution >= 0.6 is 22.7 Å². The molecular weight excluding hydrogens is 581 g/mol. The normalized spacial score (nSPS) is 11.9. The first-order valence-electron chi connectivity index (χ1n) is 13.9. The molecule has 0 saturated heterocycles. The lowest BCUT2D eigenvalue weighted by Crippen LogP contribution is -2.20. The molecular formula is C32H32N6O3S2. The molecule has 2 aromatic carbocycles. The summed E-state index contributed by atoms with van der Waals surface area (Å²) in [5, 5.41) is 11.9. The van der Waals surface area contributed by atoms with E-state index >= 15 is 0 Å². The number of carbonyl (C=O) groups excluding carboxylic acids is 2. The molecule has 0 amide bonds. The lowest BCUT2D eigenvalue weighted by atomic mass is 9.98. The van der Waals surface area contributed by atoms with Crippen molar-refractivity contribution in [2.45, 2.75) is 20.0 Å². The summed E-state index contributed by atoms with van der Waals surface area (Å²) < 4.78 is 3.31. The summed E-state index contributed by atoms with van der Waals surface area (Å²) in [5.41, 5.74) is 4.43. The molecule has 4 aromatic heterocycles. The number of nitrogens with zero attached hydrogens (tertiary/aromatic N) is 6. The zero-order chi connectivity index (χ0) is 30.2. The predicted molar refractivity (Wildman–Crippen MR) is 172 cm³/mol. The third-order valence-corrected chi connectivity index (χ3v) is 9.47. The number of aryl methyl sites for hydroxylation is 1. The molecule has 4 heterocycles. The fourth-order valence-electron chi connectivity index (χ4n) is 5.31. The predicted octanol–water partition coefficient (Wildman–Crippen LogP) is 5.35. The Morgan fingerprint density at radius 2 is 1.44 bits per heavy atom. The topological polar surface area (TPSA) is 96.5 Å². The minimum absolute atomic E-state index is 0.0803. The highest BCUT2D eigenvalue weighted by Crippen LogP contribution is 2.35. The number of aromatic nitrogens is 4. The molecule has 0 aliphatic heterocycles. The molecule has 0 bridgehead atoms. The molecule has 0 unspecified atom stereocenters. The van der Waals surface area contributed by atoms with E-state index in [0.717, 1.165) is 54.9 Å². The van der Waals surface area contributed by atoms with Crippen molar-refractivity contribution in [2.24, 2.45) is 0 Å². The summed E-state index contributed by atoms with van der Waals surface area (Å²) in [6.45, 7) is 3.94. The minimum Gasteiger partial charge on any atom is -0.395 e. The van der Waals surface area contributed by atoms with Crippen LogP contribution in [0.1, 0.15) is 35.1 Å². The van der Waals surface area contributed by atoms with Gasteiger partial charge in [0.15, 0.2) is 10.0 Å². The minimum atomic E-state index is -0.185. The summed E-state index contributed by atoms with van der Waals surface area (Å²) >= 11 is 2.81. The number of thiazole rings is 2. The number of benzene rings is 2. The molecule has 9 nitrogen and oxygen atoms in total. The van der Waals surface area contributed by atoms with E-state index in [0.29, 0.717) is 23.1 Å². The van der Waals surface area contributed by atoms with Gasteiger partial charge < -0.3 is 10.0 Å². The Kier molecular flexibility index (Phi) is 8.08. The maximum Gasteiger partial charge on any atom is 0.291 e. The molecule has 0 spiro atoms. The Morgan fingerprint density at radius 3 is 2.02 bits per heavy atom. The first-order chi connectivity index (χ1) is 20.7. The van der Waals surface area contributed by atoms with Crippen molar-refractivity contribution in [3.05, 3.63) is 92.6 Å². The molecule has 220 valence electrons. The molecule has 1 N–H and O–H groups in total. The fraction of sp³-hybridized carbons (Fsp3) is 0.250. The maximum absolute atomic E-state index is 13.6. The van der Waals surface area contributed by atoms with Gasteiger partial charge in [0.2, 0.25) is 0 Å². The fourth-order valence-corrected chi connectivity index (χ4v) is 7.36. The molecule has 0 fully saturated rings. The van der Waals surface area contributed by atoms with Gasteiger partial charge in [0, 0.05) is 58.8 Å². The summed E-state index contributed by atoms with van der Waals surface area (Å²) in [4.78, 5) is 42.2. The van der Waals surface area contributed by atoms with Gasteiger partial charge in [0.05, 0.1) is 23.3 Å². The van der Waals surface area contributed by atoms with E-state index in [9.17, 15) is 14.7 Å². The molecule has 43 heavy (non-hydrogen) atoms. The molecule has 0 saturated carbocycles. The van der Waals surface area contributed by atoms with E-state index in [1.54, 1.807) is 21.5 Å². The maximum atomic E-state index is 13.6. The number of fused-ring (bicyclic) bond motifs is 2. The van der Waals surface area contributed by atoms with Crippen LogP contribution in [0, 0.1) is 6.92 Å². The smallest absolute Gasteiger partial charge is 0.291 e. The molecule has 11 heteroatoms. The Bertz CT molecular complexity index is 1960. The number of rotatable bonds is 9. The van der Waals surface area contributed by atoms with Gasteiger partial charge in [-0.1, -0.05) is 24.3 Å². The quantitative estimate of drug-likeness (QED) is 0.235. The summed E-state index contributed by atoms with van der Waals surface area (Å²) in [7, 11) is 5.93. The molecule has 0 aliphatic rings. The monoisotopic (exact) mass is 612 g/mol. The van der Waals surface area contributed by atoms with Crippen molar-refractivity contribution in [2.75, 3.05) is 34.3 Å². The average molecular weight is 613 g/mol. The van der Waals surface area contributed by atoms with E-state index in [1.165, 1.54) is 22.7 Å². The van der Waals surface area contributed by atoms with Gasteiger partial charge in [0.25, 0.3) is 11.8 Å². The third kappa shape index (κ3) is 5.57. The highest BCUT2D eigenvalue weighted by atomic mass is 32.1. The molecule has 6 aromatic rings. The molecule has 0 radical (unpaired) electrons. The number of carbonyl (C=O) groups is 2. The molecule has 6 rings (SSSR count). The first-order valence-corrected chi connectivity index (χ1v) is 15.5. The highest BCUT2D eigenvalue weighted by molar-refractivity contribution is 7.14. The second-order valence-electron chi connectivity index (χ2n) is 10.8. The van der Waals surface area contributed by atoms with E-state index in [-0.39, 0.29) is 18.4 Å². The zero-order valence-electron chi connectivity index (χ0n) is 24.4. The van der Waals surface area contributed by atoms with Crippen LogP contribution in [0.25, 0.3) is 32.9 Å². The standard InChI is InChI=1S/C32H32N6O3S2/c1-20-28(19-35(2)3)43-30(34-20)32(41)38-14-12-25-23(8-6-10-27(25)38)22-7-5-9-26-24(22)11-13-37(26)31(40)29-33-17-21(42-29)18-36(4)15-16-39/h5-14,17,39H,15-16,18-19H2,1-4H3. The van der Waals surface area contributed by atoms with Gasteiger partial charge in [-0.15, -0.1) is 22.7 Å². The van der Waals surface area contributed by atoms with Crippen LogP contribution < -0.4 is 0 Å². The van der Waals surface area contributed by atoms with Crippen molar-refractivity contribution in [1.29, 1.82) is 0 Å². The average Bonchev–Trinajstić information content (AvgIpc) is 3.78. The van der Waals surface area contributed by atoms with Crippen LogP contribution in [0.5, 0.6) is 0 Å². The summed E-state index contributed by atoms with van der Waals surface area (Å²) in [6, 6.07) is 15.8. The van der Waals surface area contributed by atoms with E-state index in [2.05, 4.69) is 14.9 Å². The first kappa shape index (κ1) is 29.1. The number of aliphatic hydroxyl groups is 1. The second kappa shape index (κ2) is 11.9. The third-order valence-electron chi connectivity index (χ3n) is 7.37. The van der Waals surface area contributed by atoms with Crippen LogP contribution in [-0.2, 0) is 13.1 Å². The van der Waals surface area contributed by atoms with Gasteiger partial charge >= 0.3 is 0 Å². The Morgan fingerprint density at radius 1 is 0.837 bits per heavy atom. The van der Waals surface area contributed by atoms with Gasteiger partial charge in [-0.25, -0.2) is 9.97 Å². The lowest BCUT2D eigenvalue weighted by molar-refractivity contribution is 0.0956. The summed E-state index contributed by atoms with van der Waals surface area (Å²) in [6.07, 6.45) is 5.33. The molecule has 0 aliphatic carbocycles. The Balaban J connectivity index is 1.33. The van der Waals surface area contributed by atoms with Crippen molar-refractivity contribution in [3.8, 4) is 11.1 Å². The van der Waals surface area contributed by atoms with Crippen LogP contribution in [0.2, 0.25) is 0 Å². The van der Waals surface area contributed by atoms with Crippen molar-refractivity contribution < 1.29 is 14.7 Å². The van der Waals surface area contributed by atoms with Gasteiger partial charge in [0.1, 0.15) is 0 Å². The van der Waals surface area contributed by atoms with Gasteiger partial charge in [-0.3, -0.25) is 23.6 Å². The van der Waals surface area contributed by atoms with Crippen molar-refractivity contribution >= 4 is 56.3 Å². The second-order valence-corrected chi connectivity index (χ2v) is 13.0. The van der Waals surface area contributed by atoms with Crippen LogP contribution in [0.3, 0.4) is 0 Å². The van der Waals surface area contributed by atoms with Crippen LogP contribution in [0.4, 0.5) is 0 Å². The number of hydrogen-bond acceptors (Lipinski definition) is 9. The lowest BCUT2D eigenvalue weighted by Gasteiger charge is -2.12. The summed E-state index contributed by atoms with van der Waals surface area (Å²) in [5.74, 6) is -0.332. The zero-order valence-corrected chi connectivity index (χ0v) is 26.1. The molecule has 0 atom stereocenters. The number of likely N-dealkylation sites (N-methyl/N-ethyl adjacent to an activating group) is 1. The number of hydrogen-bond donors (Lipinski definition) is 1. The Hall–Kier alpha value is -4.00. The highest BCUT2D eigenvalue weighted by Gasteiger charge is 2.21. The van der Waals surface area contributed by atoms with E-state index in [1.807, 2.05) is 87.7 Å². The largest absolute Gasteiger partial charge is 0.395 e.